The molecule has 0 N–H and O–H groups in total. The van der Waals surface area contributed by atoms with Crippen LogP contribution in [0.1, 0.15) is 5.56 Å². The molecule has 0 aliphatic carbocycles. The zero-order valence-electron chi connectivity index (χ0n) is 11.1. The van der Waals surface area contributed by atoms with Crippen molar-refractivity contribution in [3.05, 3.63) is 54.2 Å². The summed E-state index contributed by atoms with van der Waals surface area (Å²) >= 11 is 1.38. The topological polar surface area (TPSA) is 17.3 Å². The van der Waals surface area contributed by atoms with Gasteiger partial charge in [-0.25, -0.2) is 4.98 Å². The number of fused-ring (bicyclic) bond motifs is 1. The number of imidazole rings is 1. The van der Waals surface area contributed by atoms with Gasteiger partial charge < -0.3 is 0 Å². The Hall–Kier alpha value is -1.95. The number of rotatable bonds is 2. The van der Waals surface area contributed by atoms with Gasteiger partial charge in [0.25, 0.3) is 0 Å². The monoisotopic (exact) mass is 308 g/mol. The van der Waals surface area contributed by atoms with Crippen molar-refractivity contribution in [2.45, 2.75) is 11.2 Å². The van der Waals surface area contributed by atoms with Gasteiger partial charge in [-0.15, -0.1) is 11.8 Å². The Kier molecular flexibility index (Phi) is 3.41. The summed E-state index contributed by atoms with van der Waals surface area (Å²) in [5.41, 5.74) is 1.41. The van der Waals surface area contributed by atoms with Gasteiger partial charge in [0, 0.05) is 11.8 Å². The van der Waals surface area contributed by atoms with E-state index in [1.807, 2.05) is 36.6 Å². The van der Waals surface area contributed by atoms with E-state index in [9.17, 15) is 13.2 Å². The molecule has 0 saturated heterocycles. The third kappa shape index (κ3) is 2.51. The fraction of sp³-hybridized carbons (Fsp3) is 0.133. The highest BCUT2D eigenvalue weighted by atomic mass is 32.2. The molecule has 0 atom stereocenters. The van der Waals surface area contributed by atoms with Crippen molar-refractivity contribution in [1.82, 2.24) is 9.38 Å². The van der Waals surface area contributed by atoms with Crippen LogP contribution in [-0.2, 0) is 6.18 Å². The van der Waals surface area contributed by atoms with Gasteiger partial charge in [-0.05, 0) is 18.4 Å². The second-order valence-electron chi connectivity index (χ2n) is 4.48. The summed E-state index contributed by atoms with van der Waals surface area (Å²) in [5.74, 6) is 0. The van der Waals surface area contributed by atoms with Gasteiger partial charge >= 0.3 is 6.18 Å². The molecule has 0 amide bonds. The summed E-state index contributed by atoms with van der Waals surface area (Å²) in [4.78, 5) is 4.45. The molecule has 2 nitrogen and oxygen atoms in total. The van der Waals surface area contributed by atoms with Crippen molar-refractivity contribution in [1.29, 1.82) is 0 Å². The van der Waals surface area contributed by atoms with E-state index in [1.54, 1.807) is 0 Å². The second-order valence-corrected chi connectivity index (χ2v) is 5.27. The molecule has 0 spiro atoms. The standard InChI is InChI=1S/C15H11F3N2S/c1-21-14-13(10-5-3-2-4-6-10)19-12-8-7-11(9-20(12)14)15(16,17)18/h2-9H,1H3. The lowest BCUT2D eigenvalue weighted by molar-refractivity contribution is -0.137. The van der Waals surface area contributed by atoms with Crippen LogP contribution >= 0.6 is 11.8 Å². The molecule has 2 aromatic heterocycles. The number of aromatic nitrogens is 2. The molecule has 3 rings (SSSR count). The zero-order valence-corrected chi connectivity index (χ0v) is 11.9. The van der Waals surface area contributed by atoms with E-state index < -0.39 is 11.7 Å². The van der Waals surface area contributed by atoms with Crippen molar-refractivity contribution >= 4 is 17.4 Å². The summed E-state index contributed by atoms with van der Waals surface area (Å²) in [6.07, 6.45) is -1.43. The number of benzene rings is 1. The van der Waals surface area contributed by atoms with Gasteiger partial charge in [0.2, 0.25) is 0 Å². The number of hydrogen-bond donors (Lipinski definition) is 0. The van der Waals surface area contributed by atoms with E-state index in [4.69, 9.17) is 0 Å². The molecule has 21 heavy (non-hydrogen) atoms. The molecular weight excluding hydrogens is 297 g/mol. The van der Waals surface area contributed by atoms with Gasteiger partial charge in [0.1, 0.15) is 16.4 Å². The summed E-state index contributed by atoms with van der Waals surface area (Å²) in [6, 6.07) is 11.9. The van der Waals surface area contributed by atoms with Crippen LogP contribution in [0.25, 0.3) is 16.9 Å². The lowest BCUT2D eigenvalue weighted by Gasteiger charge is -2.07. The van der Waals surface area contributed by atoms with Crippen LogP contribution in [0.15, 0.2) is 53.7 Å². The second kappa shape index (κ2) is 5.11. The number of thioether (sulfide) groups is 1. The maximum Gasteiger partial charge on any atom is 0.417 e. The summed E-state index contributed by atoms with van der Waals surface area (Å²) in [5, 5.41) is 0.697. The Labute approximate surface area is 123 Å². The summed E-state index contributed by atoms with van der Waals surface area (Å²) in [6.45, 7) is 0. The van der Waals surface area contributed by atoms with Crippen molar-refractivity contribution < 1.29 is 13.2 Å². The van der Waals surface area contributed by atoms with Gasteiger partial charge in [0.15, 0.2) is 0 Å². The van der Waals surface area contributed by atoms with E-state index in [1.165, 1.54) is 22.2 Å². The molecule has 0 fully saturated rings. The normalized spacial score (nSPS) is 12.0. The van der Waals surface area contributed by atoms with Gasteiger partial charge in [-0.2, -0.15) is 13.2 Å². The Morgan fingerprint density at radius 2 is 1.76 bits per heavy atom. The third-order valence-electron chi connectivity index (χ3n) is 3.14. The molecule has 3 aromatic rings. The Bertz CT molecular complexity index is 779. The van der Waals surface area contributed by atoms with Crippen LogP contribution in [0.2, 0.25) is 0 Å². The Morgan fingerprint density at radius 3 is 2.38 bits per heavy atom. The SMILES string of the molecule is CSc1c(-c2ccccc2)nc2ccc(C(F)(F)F)cn12. The van der Waals surface area contributed by atoms with Crippen LogP contribution in [0.3, 0.4) is 0 Å². The third-order valence-corrected chi connectivity index (χ3v) is 3.92. The van der Waals surface area contributed by atoms with E-state index in [0.29, 0.717) is 16.4 Å². The largest absolute Gasteiger partial charge is 0.417 e. The molecule has 0 saturated carbocycles. The molecule has 0 aliphatic heterocycles. The van der Waals surface area contributed by atoms with Gasteiger partial charge in [-0.3, -0.25) is 4.40 Å². The molecular formula is C15H11F3N2S. The summed E-state index contributed by atoms with van der Waals surface area (Å²) < 4.78 is 40.0. The van der Waals surface area contributed by atoms with Crippen LogP contribution < -0.4 is 0 Å². The zero-order chi connectivity index (χ0) is 15.0. The first-order valence-electron chi connectivity index (χ1n) is 6.19. The fourth-order valence-corrected chi connectivity index (χ4v) is 2.87. The smallest absolute Gasteiger partial charge is 0.294 e. The predicted molar refractivity (Wildman–Crippen MR) is 77.4 cm³/mol. The number of pyridine rings is 1. The maximum absolute atomic E-state index is 12.8. The first kappa shape index (κ1) is 14.0. The highest BCUT2D eigenvalue weighted by molar-refractivity contribution is 7.98. The molecule has 1 aromatic carbocycles. The van der Waals surface area contributed by atoms with Crippen molar-refractivity contribution in [3.63, 3.8) is 0 Å². The fourth-order valence-electron chi connectivity index (χ4n) is 2.17. The number of alkyl halides is 3. The van der Waals surface area contributed by atoms with Crippen molar-refractivity contribution in [2.75, 3.05) is 6.26 Å². The maximum atomic E-state index is 12.8. The average molecular weight is 308 g/mol. The first-order valence-corrected chi connectivity index (χ1v) is 7.42. The molecule has 0 radical (unpaired) electrons. The van der Waals surface area contributed by atoms with Crippen LogP contribution in [0.5, 0.6) is 0 Å². The quantitative estimate of drug-likeness (QED) is 0.636. The summed E-state index contributed by atoms with van der Waals surface area (Å²) in [7, 11) is 0. The highest BCUT2D eigenvalue weighted by Crippen LogP contribution is 2.34. The molecule has 0 bridgehead atoms. The van der Waals surface area contributed by atoms with Gasteiger partial charge in [0.05, 0.1) is 5.56 Å². The van der Waals surface area contributed by atoms with Crippen LogP contribution in [0.4, 0.5) is 13.2 Å². The minimum Gasteiger partial charge on any atom is -0.294 e. The molecule has 6 heteroatoms. The van der Waals surface area contributed by atoms with Crippen molar-refractivity contribution in [3.8, 4) is 11.3 Å². The number of hydrogen-bond acceptors (Lipinski definition) is 2. The van der Waals surface area contributed by atoms with E-state index in [-0.39, 0.29) is 0 Å². The van der Waals surface area contributed by atoms with E-state index in [2.05, 4.69) is 4.98 Å². The molecule has 108 valence electrons. The lowest BCUT2D eigenvalue weighted by atomic mass is 10.2. The first-order chi connectivity index (χ1) is 10.0. The minimum absolute atomic E-state index is 0.506. The lowest BCUT2D eigenvalue weighted by Crippen LogP contribution is -2.06. The number of nitrogens with zero attached hydrogens (tertiary/aromatic N) is 2. The average Bonchev–Trinajstić information content (AvgIpc) is 2.84. The van der Waals surface area contributed by atoms with Crippen LogP contribution in [0, 0.1) is 0 Å². The molecule has 2 heterocycles. The number of halogens is 3. The minimum atomic E-state index is -4.36. The van der Waals surface area contributed by atoms with E-state index >= 15 is 0 Å². The predicted octanol–water partition coefficient (Wildman–Crippen LogP) is 4.74. The Balaban J connectivity index is 2.24. The van der Waals surface area contributed by atoms with Gasteiger partial charge in [-0.1, -0.05) is 30.3 Å². The molecule has 0 aliphatic rings. The molecule has 0 unspecified atom stereocenters. The Morgan fingerprint density at radius 1 is 1.05 bits per heavy atom. The van der Waals surface area contributed by atoms with Crippen LogP contribution in [-0.4, -0.2) is 15.6 Å². The van der Waals surface area contributed by atoms with E-state index in [0.717, 1.165) is 17.8 Å². The van der Waals surface area contributed by atoms with Crippen molar-refractivity contribution in [2.24, 2.45) is 0 Å². The highest BCUT2D eigenvalue weighted by Gasteiger charge is 2.31.